The lowest BCUT2D eigenvalue weighted by Crippen LogP contribution is -2.30. The Balaban J connectivity index is 2.40. The SMILES string of the molecule is C=CCO[C@@H]1C[C@@H](C(C)=O)N(C)C1. The zero-order chi connectivity index (χ0) is 9.84. The van der Waals surface area contributed by atoms with Crippen molar-refractivity contribution in [2.24, 2.45) is 0 Å². The van der Waals surface area contributed by atoms with Gasteiger partial charge in [-0.2, -0.15) is 0 Å². The molecule has 0 bridgehead atoms. The highest BCUT2D eigenvalue weighted by molar-refractivity contribution is 5.81. The third-order valence-electron chi connectivity index (χ3n) is 2.43. The van der Waals surface area contributed by atoms with Gasteiger partial charge in [-0.25, -0.2) is 0 Å². The van der Waals surface area contributed by atoms with Crippen LogP contribution in [0.2, 0.25) is 0 Å². The first-order valence-corrected chi connectivity index (χ1v) is 4.58. The molecule has 1 aliphatic heterocycles. The Morgan fingerprint density at radius 1 is 1.77 bits per heavy atom. The molecule has 0 N–H and O–H groups in total. The highest BCUT2D eigenvalue weighted by Gasteiger charge is 2.32. The molecule has 3 nitrogen and oxygen atoms in total. The number of nitrogens with zero attached hydrogens (tertiary/aromatic N) is 1. The Hall–Kier alpha value is -0.670. The molecule has 0 unspecified atom stereocenters. The zero-order valence-electron chi connectivity index (χ0n) is 8.32. The van der Waals surface area contributed by atoms with Crippen molar-refractivity contribution in [1.29, 1.82) is 0 Å². The molecule has 1 fully saturated rings. The smallest absolute Gasteiger partial charge is 0.146 e. The first kappa shape index (κ1) is 10.4. The van der Waals surface area contributed by atoms with E-state index in [1.165, 1.54) is 0 Å². The highest BCUT2D eigenvalue weighted by atomic mass is 16.5. The van der Waals surface area contributed by atoms with Gasteiger partial charge in [-0.3, -0.25) is 9.69 Å². The molecule has 2 atom stereocenters. The highest BCUT2D eigenvalue weighted by Crippen LogP contribution is 2.18. The van der Waals surface area contributed by atoms with Crippen LogP contribution in [0.4, 0.5) is 0 Å². The molecule has 0 spiro atoms. The van der Waals surface area contributed by atoms with Gasteiger partial charge in [-0.15, -0.1) is 6.58 Å². The molecule has 1 heterocycles. The number of ether oxygens (including phenoxy) is 1. The van der Waals surface area contributed by atoms with Gasteiger partial charge in [0, 0.05) is 6.54 Å². The average Bonchev–Trinajstić information content (AvgIpc) is 2.43. The summed E-state index contributed by atoms with van der Waals surface area (Å²) in [6.45, 7) is 6.64. The van der Waals surface area contributed by atoms with Gasteiger partial charge in [-0.1, -0.05) is 6.08 Å². The maximum absolute atomic E-state index is 11.2. The van der Waals surface area contributed by atoms with Crippen LogP contribution in [0.3, 0.4) is 0 Å². The lowest BCUT2D eigenvalue weighted by atomic mass is 10.1. The van der Waals surface area contributed by atoms with Crippen LogP contribution in [-0.4, -0.2) is 43.0 Å². The van der Waals surface area contributed by atoms with Gasteiger partial charge in [0.05, 0.1) is 18.8 Å². The summed E-state index contributed by atoms with van der Waals surface area (Å²) in [5, 5.41) is 0. The molecule has 0 amide bonds. The molecule has 13 heavy (non-hydrogen) atoms. The Morgan fingerprint density at radius 2 is 2.46 bits per heavy atom. The molecule has 3 heteroatoms. The summed E-state index contributed by atoms with van der Waals surface area (Å²) < 4.78 is 5.49. The first-order chi connectivity index (χ1) is 6.15. The van der Waals surface area contributed by atoms with Crippen molar-refractivity contribution in [3.8, 4) is 0 Å². The molecule has 0 saturated carbocycles. The van der Waals surface area contributed by atoms with E-state index < -0.39 is 0 Å². The van der Waals surface area contributed by atoms with E-state index in [2.05, 4.69) is 11.5 Å². The Bertz CT molecular complexity index is 203. The standard InChI is InChI=1S/C10H17NO2/c1-4-5-13-9-6-10(8(2)12)11(3)7-9/h4,9-10H,1,5-7H2,2-3H3/t9-,10+/m1/s1. The first-order valence-electron chi connectivity index (χ1n) is 4.58. The second-order valence-corrected chi connectivity index (χ2v) is 3.55. The van der Waals surface area contributed by atoms with E-state index in [1.807, 2.05) is 7.05 Å². The minimum atomic E-state index is 0.0508. The maximum atomic E-state index is 11.2. The predicted molar refractivity (Wildman–Crippen MR) is 51.7 cm³/mol. The van der Waals surface area contributed by atoms with Crippen LogP contribution in [-0.2, 0) is 9.53 Å². The minimum Gasteiger partial charge on any atom is -0.373 e. The van der Waals surface area contributed by atoms with Crippen molar-refractivity contribution in [2.75, 3.05) is 20.2 Å². The fraction of sp³-hybridized carbons (Fsp3) is 0.700. The van der Waals surface area contributed by atoms with E-state index in [0.29, 0.717) is 6.61 Å². The molecule has 1 rings (SSSR count). The summed E-state index contributed by atoms with van der Waals surface area (Å²) in [6.07, 6.45) is 2.75. The summed E-state index contributed by atoms with van der Waals surface area (Å²) in [6, 6.07) is 0.0508. The van der Waals surface area contributed by atoms with Crippen molar-refractivity contribution in [2.45, 2.75) is 25.5 Å². The van der Waals surface area contributed by atoms with E-state index >= 15 is 0 Å². The van der Waals surface area contributed by atoms with Crippen LogP contribution < -0.4 is 0 Å². The van der Waals surface area contributed by atoms with Crippen LogP contribution >= 0.6 is 0 Å². The van der Waals surface area contributed by atoms with E-state index in [1.54, 1.807) is 13.0 Å². The molecule has 0 radical (unpaired) electrons. The number of likely N-dealkylation sites (N-methyl/N-ethyl adjacent to an activating group) is 1. The van der Waals surface area contributed by atoms with Crippen LogP contribution in [0, 0.1) is 0 Å². The van der Waals surface area contributed by atoms with Gasteiger partial charge in [0.25, 0.3) is 0 Å². The monoisotopic (exact) mass is 183 g/mol. The van der Waals surface area contributed by atoms with Gasteiger partial charge >= 0.3 is 0 Å². The molecular weight excluding hydrogens is 166 g/mol. The van der Waals surface area contributed by atoms with E-state index in [4.69, 9.17) is 4.74 Å². The maximum Gasteiger partial charge on any atom is 0.146 e. The zero-order valence-corrected chi connectivity index (χ0v) is 8.32. The van der Waals surface area contributed by atoms with Crippen LogP contribution in [0.15, 0.2) is 12.7 Å². The second kappa shape index (κ2) is 4.53. The van der Waals surface area contributed by atoms with Gasteiger partial charge in [-0.05, 0) is 20.4 Å². The average molecular weight is 183 g/mol. The normalized spacial score (nSPS) is 29.1. The summed E-state index contributed by atoms with van der Waals surface area (Å²) in [5.41, 5.74) is 0. The number of ketones is 1. The molecule has 0 aromatic rings. The molecule has 0 aromatic carbocycles. The van der Waals surface area contributed by atoms with Crippen LogP contribution in [0.5, 0.6) is 0 Å². The van der Waals surface area contributed by atoms with E-state index in [-0.39, 0.29) is 17.9 Å². The van der Waals surface area contributed by atoms with Crippen molar-refractivity contribution in [1.82, 2.24) is 4.90 Å². The van der Waals surface area contributed by atoms with Gasteiger partial charge < -0.3 is 4.74 Å². The van der Waals surface area contributed by atoms with Gasteiger partial charge in [0.15, 0.2) is 0 Å². The summed E-state index contributed by atoms with van der Waals surface area (Å²) in [7, 11) is 1.96. The van der Waals surface area contributed by atoms with E-state index in [9.17, 15) is 4.79 Å². The number of likely N-dealkylation sites (tertiary alicyclic amines) is 1. The second-order valence-electron chi connectivity index (χ2n) is 3.55. The van der Waals surface area contributed by atoms with Crippen molar-refractivity contribution < 1.29 is 9.53 Å². The molecule has 0 aromatic heterocycles. The molecule has 0 aliphatic carbocycles. The number of carbonyl (C=O) groups excluding carboxylic acids is 1. The van der Waals surface area contributed by atoms with Gasteiger partial charge in [0.2, 0.25) is 0 Å². The lowest BCUT2D eigenvalue weighted by Gasteiger charge is -2.14. The third kappa shape index (κ3) is 2.64. The summed E-state index contributed by atoms with van der Waals surface area (Å²) in [4.78, 5) is 13.2. The lowest BCUT2D eigenvalue weighted by molar-refractivity contribution is -0.120. The molecule has 1 aliphatic rings. The van der Waals surface area contributed by atoms with Crippen molar-refractivity contribution >= 4 is 5.78 Å². The third-order valence-corrected chi connectivity index (χ3v) is 2.43. The van der Waals surface area contributed by atoms with Crippen molar-refractivity contribution in [3.05, 3.63) is 12.7 Å². The number of carbonyl (C=O) groups is 1. The fourth-order valence-corrected chi connectivity index (χ4v) is 1.75. The predicted octanol–water partition coefficient (Wildman–Crippen LogP) is 0.851. The number of rotatable bonds is 4. The quantitative estimate of drug-likeness (QED) is 0.605. The van der Waals surface area contributed by atoms with Crippen LogP contribution in [0.25, 0.3) is 0 Å². The molecule has 1 saturated heterocycles. The number of hydrogen-bond donors (Lipinski definition) is 0. The summed E-state index contributed by atoms with van der Waals surface area (Å²) in [5.74, 6) is 0.229. The minimum absolute atomic E-state index is 0.0508. The number of hydrogen-bond acceptors (Lipinski definition) is 3. The Labute approximate surface area is 79.4 Å². The molecule has 74 valence electrons. The topological polar surface area (TPSA) is 29.5 Å². The summed E-state index contributed by atoms with van der Waals surface area (Å²) >= 11 is 0. The van der Waals surface area contributed by atoms with Crippen molar-refractivity contribution in [3.63, 3.8) is 0 Å². The fourth-order valence-electron chi connectivity index (χ4n) is 1.75. The largest absolute Gasteiger partial charge is 0.373 e. The molecular formula is C10H17NO2. The Kier molecular flexibility index (Phi) is 3.63. The van der Waals surface area contributed by atoms with Crippen LogP contribution in [0.1, 0.15) is 13.3 Å². The van der Waals surface area contributed by atoms with Gasteiger partial charge in [0.1, 0.15) is 5.78 Å². The Morgan fingerprint density at radius 3 is 2.92 bits per heavy atom. The number of Topliss-reactive ketones (excluding diaryl/α,β-unsaturated/α-hetero) is 1. The van der Waals surface area contributed by atoms with E-state index in [0.717, 1.165) is 13.0 Å².